The van der Waals surface area contributed by atoms with E-state index in [2.05, 4.69) is 4.98 Å². The highest BCUT2D eigenvalue weighted by Gasteiger charge is 2.33. The summed E-state index contributed by atoms with van der Waals surface area (Å²) in [4.78, 5) is 30.6. The number of aromatic amines is 1. The SMILES string of the molecule is CCn1c(=S)[nH]c2cc(C(=O)N3CC[C@@H]4CCCC[C@H]4C3)ccc2c1=O. The normalized spacial score (nSPS) is 23.0. The number of nitrogens with one attached hydrogen (secondary N) is 1. The number of aromatic nitrogens is 2. The Bertz CT molecular complexity index is 962. The lowest BCUT2D eigenvalue weighted by Crippen LogP contribution is -2.44. The zero-order valence-corrected chi connectivity index (χ0v) is 16.0. The molecule has 5 nitrogen and oxygen atoms in total. The van der Waals surface area contributed by atoms with E-state index in [0.717, 1.165) is 25.4 Å². The molecule has 138 valence electrons. The van der Waals surface area contributed by atoms with Crippen LogP contribution in [-0.4, -0.2) is 33.4 Å². The zero-order valence-electron chi connectivity index (χ0n) is 15.2. The molecule has 1 saturated carbocycles. The average molecular weight is 372 g/mol. The predicted molar refractivity (Wildman–Crippen MR) is 105 cm³/mol. The second kappa shape index (κ2) is 6.99. The largest absolute Gasteiger partial charge is 0.338 e. The van der Waals surface area contributed by atoms with E-state index in [-0.39, 0.29) is 11.5 Å². The van der Waals surface area contributed by atoms with Gasteiger partial charge >= 0.3 is 0 Å². The van der Waals surface area contributed by atoms with Crippen LogP contribution in [0.25, 0.3) is 10.9 Å². The van der Waals surface area contributed by atoms with Crippen LogP contribution in [0.15, 0.2) is 23.0 Å². The van der Waals surface area contributed by atoms with Crippen molar-refractivity contribution in [3.05, 3.63) is 38.9 Å². The van der Waals surface area contributed by atoms with Crippen LogP contribution >= 0.6 is 12.2 Å². The molecule has 2 aliphatic rings. The minimum Gasteiger partial charge on any atom is -0.338 e. The number of hydrogen-bond acceptors (Lipinski definition) is 3. The fourth-order valence-corrected chi connectivity index (χ4v) is 4.96. The average Bonchev–Trinajstić information content (AvgIpc) is 2.67. The molecule has 1 N–H and O–H groups in total. The second-order valence-electron chi connectivity index (χ2n) is 7.58. The first-order valence-electron chi connectivity index (χ1n) is 9.64. The Hall–Kier alpha value is -1.95. The van der Waals surface area contributed by atoms with E-state index in [4.69, 9.17) is 12.2 Å². The highest BCUT2D eigenvalue weighted by Crippen LogP contribution is 2.36. The van der Waals surface area contributed by atoms with Gasteiger partial charge in [0.1, 0.15) is 0 Å². The number of H-pyrrole nitrogens is 1. The van der Waals surface area contributed by atoms with Gasteiger partial charge < -0.3 is 9.88 Å². The molecule has 2 atom stereocenters. The van der Waals surface area contributed by atoms with E-state index in [9.17, 15) is 9.59 Å². The number of carbonyl (C=O) groups is 1. The number of nitrogens with zero attached hydrogens (tertiary/aromatic N) is 2. The lowest BCUT2D eigenvalue weighted by molar-refractivity contribution is 0.0521. The van der Waals surface area contributed by atoms with Crippen molar-refractivity contribution in [1.29, 1.82) is 0 Å². The van der Waals surface area contributed by atoms with E-state index in [1.165, 1.54) is 30.3 Å². The third-order valence-corrected chi connectivity index (χ3v) is 6.45. The fraction of sp³-hybridized carbons (Fsp3) is 0.550. The molecule has 1 aromatic heterocycles. The Morgan fingerprint density at radius 2 is 2.00 bits per heavy atom. The van der Waals surface area contributed by atoms with Gasteiger partial charge in [-0.1, -0.05) is 19.3 Å². The summed E-state index contributed by atoms with van der Waals surface area (Å²) in [7, 11) is 0. The van der Waals surface area contributed by atoms with Gasteiger partial charge in [-0.05, 0) is 62.0 Å². The van der Waals surface area contributed by atoms with Gasteiger partial charge in [-0.25, -0.2) is 0 Å². The number of fused-ring (bicyclic) bond motifs is 2. The maximum atomic E-state index is 13.0. The number of piperidine rings is 1. The summed E-state index contributed by atoms with van der Waals surface area (Å²) in [6.45, 7) is 4.13. The molecule has 0 spiro atoms. The molecule has 1 amide bonds. The summed E-state index contributed by atoms with van der Waals surface area (Å²) < 4.78 is 1.94. The van der Waals surface area contributed by atoms with Crippen molar-refractivity contribution >= 4 is 29.0 Å². The molecule has 2 heterocycles. The zero-order chi connectivity index (χ0) is 18.3. The number of benzene rings is 1. The molecule has 1 aliphatic heterocycles. The Kier molecular flexibility index (Phi) is 4.69. The van der Waals surface area contributed by atoms with Crippen LogP contribution in [0.4, 0.5) is 0 Å². The van der Waals surface area contributed by atoms with E-state index in [1.807, 2.05) is 11.8 Å². The van der Waals surface area contributed by atoms with Crippen LogP contribution in [0, 0.1) is 16.6 Å². The minimum absolute atomic E-state index is 0.0647. The Morgan fingerprint density at radius 3 is 2.77 bits per heavy atom. The lowest BCUT2D eigenvalue weighted by Gasteiger charge is -2.41. The number of rotatable bonds is 2. The van der Waals surface area contributed by atoms with Gasteiger partial charge in [-0.2, -0.15) is 0 Å². The summed E-state index contributed by atoms with van der Waals surface area (Å²) in [6.07, 6.45) is 6.32. The molecular weight excluding hydrogens is 346 g/mol. The van der Waals surface area contributed by atoms with Crippen molar-refractivity contribution in [1.82, 2.24) is 14.5 Å². The first-order chi connectivity index (χ1) is 12.6. The summed E-state index contributed by atoms with van der Waals surface area (Å²) >= 11 is 5.28. The van der Waals surface area contributed by atoms with E-state index >= 15 is 0 Å². The molecule has 6 heteroatoms. The number of likely N-dealkylation sites (tertiary alicyclic amines) is 1. The van der Waals surface area contributed by atoms with Crippen LogP contribution in [0.5, 0.6) is 0 Å². The van der Waals surface area contributed by atoms with Crippen molar-refractivity contribution in [3.8, 4) is 0 Å². The molecule has 26 heavy (non-hydrogen) atoms. The van der Waals surface area contributed by atoms with Gasteiger partial charge in [-0.3, -0.25) is 14.2 Å². The highest BCUT2D eigenvalue weighted by atomic mass is 32.1. The Balaban J connectivity index is 1.63. The van der Waals surface area contributed by atoms with Gasteiger partial charge in [0.2, 0.25) is 0 Å². The smallest absolute Gasteiger partial charge is 0.262 e. The van der Waals surface area contributed by atoms with Crippen LogP contribution in [0.3, 0.4) is 0 Å². The van der Waals surface area contributed by atoms with E-state index in [1.54, 1.807) is 18.2 Å². The monoisotopic (exact) mass is 371 g/mol. The third-order valence-electron chi connectivity index (χ3n) is 6.12. The van der Waals surface area contributed by atoms with Crippen molar-refractivity contribution in [2.24, 2.45) is 11.8 Å². The van der Waals surface area contributed by atoms with Gasteiger partial charge in [0, 0.05) is 25.2 Å². The first kappa shape index (κ1) is 17.5. The summed E-state index contributed by atoms with van der Waals surface area (Å²) in [5.41, 5.74) is 1.17. The molecular formula is C20H25N3O2S. The molecule has 2 fully saturated rings. The van der Waals surface area contributed by atoms with Crippen molar-refractivity contribution in [2.75, 3.05) is 13.1 Å². The third kappa shape index (κ3) is 3.00. The van der Waals surface area contributed by atoms with Crippen LogP contribution in [-0.2, 0) is 6.54 Å². The number of hydrogen-bond donors (Lipinski definition) is 1. The summed E-state index contributed by atoms with van der Waals surface area (Å²) in [6, 6.07) is 5.30. The van der Waals surface area contributed by atoms with Crippen LogP contribution in [0.2, 0.25) is 0 Å². The Morgan fingerprint density at radius 1 is 1.23 bits per heavy atom. The minimum atomic E-state index is -0.103. The molecule has 0 unspecified atom stereocenters. The van der Waals surface area contributed by atoms with Crippen LogP contribution in [0.1, 0.15) is 49.4 Å². The lowest BCUT2D eigenvalue weighted by atomic mass is 9.75. The molecule has 1 saturated heterocycles. The van der Waals surface area contributed by atoms with Gasteiger partial charge in [0.05, 0.1) is 10.9 Å². The van der Waals surface area contributed by atoms with E-state index < -0.39 is 0 Å². The van der Waals surface area contributed by atoms with Crippen molar-refractivity contribution < 1.29 is 4.79 Å². The van der Waals surface area contributed by atoms with Gasteiger partial charge in [0.15, 0.2) is 4.77 Å². The topological polar surface area (TPSA) is 58.1 Å². The molecule has 0 radical (unpaired) electrons. The molecule has 2 aromatic rings. The molecule has 0 bridgehead atoms. The molecule has 1 aromatic carbocycles. The standard InChI is InChI=1S/C20H25N3O2S/c1-2-23-19(25)16-8-7-14(11-17(16)21-20(23)26)18(24)22-10-9-13-5-3-4-6-15(13)12-22/h7-8,11,13,15H,2-6,9-10,12H2,1H3,(H,21,26)/t13-,15-/m0/s1. The first-order valence-corrected chi connectivity index (χ1v) is 10.1. The maximum Gasteiger partial charge on any atom is 0.262 e. The van der Waals surface area contributed by atoms with Crippen molar-refractivity contribution in [2.45, 2.75) is 45.6 Å². The predicted octanol–water partition coefficient (Wildman–Crippen LogP) is 3.73. The Labute approximate surface area is 158 Å². The maximum absolute atomic E-state index is 13.0. The quantitative estimate of drug-likeness (QED) is 0.819. The van der Waals surface area contributed by atoms with Crippen molar-refractivity contribution in [3.63, 3.8) is 0 Å². The van der Waals surface area contributed by atoms with Gasteiger partial charge in [-0.15, -0.1) is 0 Å². The molecule has 1 aliphatic carbocycles. The number of amides is 1. The highest BCUT2D eigenvalue weighted by molar-refractivity contribution is 7.71. The summed E-state index contributed by atoms with van der Waals surface area (Å²) in [5, 5.41) is 0.572. The molecule has 4 rings (SSSR count). The number of carbonyl (C=O) groups excluding carboxylic acids is 1. The van der Waals surface area contributed by atoms with Gasteiger partial charge in [0.25, 0.3) is 11.5 Å². The second-order valence-corrected chi connectivity index (χ2v) is 7.97. The summed E-state index contributed by atoms with van der Waals surface area (Å²) in [5.74, 6) is 1.52. The fourth-order valence-electron chi connectivity index (χ4n) is 4.64. The van der Waals surface area contributed by atoms with Crippen LogP contribution < -0.4 is 5.56 Å². The van der Waals surface area contributed by atoms with E-state index in [0.29, 0.717) is 33.7 Å².